The van der Waals surface area contributed by atoms with Crippen molar-refractivity contribution < 1.29 is 8.78 Å². The standard InChI is InChI=1S/C15H15BrF2N2/c1-9-6-10(17)2-4-12(9)15(8-19)20-11-3-5-14(18)13(16)7-11/h2-7,15,20H,8,19H2,1H3. The van der Waals surface area contributed by atoms with E-state index in [1.165, 1.54) is 18.2 Å². The third-order valence-corrected chi connectivity index (χ3v) is 3.71. The van der Waals surface area contributed by atoms with Crippen LogP contribution in [0.4, 0.5) is 14.5 Å². The molecule has 20 heavy (non-hydrogen) atoms. The molecule has 0 aliphatic carbocycles. The fourth-order valence-electron chi connectivity index (χ4n) is 2.08. The second kappa shape index (κ2) is 6.33. The monoisotopic (exact) mass is 340 g/mol. The van der Waals surface area contributed by atoms with Gasteiger partial charge in [0.2, 0.25) is 0 Å². The predicted octanol–water partition coefficient (Wildman–Crippen LogP) is 4.15. The van der Waals surface area contributed by atoms with E-state index >= 15 is 0 Å². The van der Waals surface area contributed by atoms with Crippen molar-refractivity contribution in [3.05, 3.63) is 63.6 Å². The molecule has 0 aromatic heterocycles. The largest absolute Gasteiger partial charge is 0.377 e. The van der Waals surface area contributed by atoms with Crippen LogP contribution in [0.5, 0.6) is 0 Å². The maximum absolute atomic E-state index is 13.2. The molecule has 0 fully saturated rings. The first-order chi connectivity index (χ1) is 9.51. The van der Waals surface area contributed by atoms with Crippen LogP contribution in [0.15, 0.2) is 40.9 Å². The zero-order valence-electron chi connectivity index (χ0n) is 11.0. The summed E-state index contributed by atoms with van der Waals surface area (Å²) in [4.78, 5) is 0. The quantitative estimate of drug-likeness (QED) is 0.877. The van der Waals surface area contributed by atoms with Crippen LogP contribution in [0.1, 0.15) is 17.2 Å². The van der Waals surface area contributed by atoms with Gasteiger partial charge < -0.3 is 11.1 Å². The van der Waals surface area contributed by atoms with Gasteiger partial charge in [0.05, 0.1) is 10.5 Å². The van der Waals surface area contributed by atoms with Gasteiger partial charge in [-0.25, -0.2) is 8.78 Å². The van der Waals surface area contributed by atoms with Crippen molar-refractivity contribution in [1.82, 2.24) is 0 Å². The van der Waals surface area contributed by atoms with E-state index in [1.54, 1.807) is 18.2 Å². The molecule has 0 heterocycles. The van der Waals surface area contributed by atoms with Gasteiger partial charge in [0.25, 0.3) is 0 Å². The third kappa shape index (κ3) is 3.35. The molecule has 0 aliphatic rings. The Labute approximate surface area is 125 Å². The molecule has 2 nitrogen and oxygen atoms in total. The Morgan fingerprint density at radius 1 is 1.20 bits per heavy atom. The van der Waals surface area contributed by atoms with Crippen LogP contribution < -0.4 is 11.1 Å². The number of aryl methyl sites for hydroxylation is 1. The molecule has 2 aromatic rings. The van der Waals surface area contributed by atoms with E-state index in [1.807, 2.05) is 6.92 Å². The van der Waals surface area contributed by atoms with Gasteiger partial charge in [-0.15, -0.1) is 0 Å². The fraction of sp³-hybridized carbons (Fsp3) is 0.200. The van der Waals surface area contributed by atoms with Gasteiger partial charge >= 0.3 is 0 Å². The second-order valence-corrected chi connectivity index (χ2v) is 5.42. The number of benzene rings is 2. The first-order valence-corrected chi connectivity index (χ1v) is 6.98. The summed E-state index contributed by atoms with van der Waals surface area (Å²) in [5, 5.41) is 3.23. The zero-order chi connectivity index (χ0) is 14.7. The second-order valence-electron chi connectivity index (χ2n) is 4.56. The maximum Gasteiger partial charge on any atom is 0.137 e. The van der Waals surface area contributed by atoms with E-state index in [0.29, 0.717) is 11.0 Å². The molecule has 0 saturated heterocycles. The smallest absolute Gasteiger partial charge is 0.137 e. The van der Waals surface area contributed by atoms with Crippen LogP contribution in [-0.4, -0.2) is 6.54 Å². The molecule has 0 bridgehead atoms. The highest BCUT2D eigenvalue weighted by atomic mass is 79.9. The van der Waals surface area contributed by atoms with Crippen LogP contribution in [0.3, 0.4) is 0 Å². The number of rotatable bonds is 4. The Bertz CT molecular complexity index is 617. The van der Waals surface area contributed by atoms with Gasteiger partial charge in [-0.2, -0.15) is 0 Å². The molecule has 5 heteroatoms. The molecule has 1 atom stereocenters. The number of halogens is 3. The summed E-state index contributed by atoms with van der Waals surface area (Å²) in [6, 6.07) is 9.10. The summed E-state index contributed by atoms with van der Waals surface area (Å²) < 4.78 is 26.7. The number of hydrogen-bond acceptors (Lipinski definition) is 2. The Kier molecular flexibility index (Phi) is 4.73. The van der Waals surface area contributed by atoms with E-state index in [4.69, 9.17) is 5.73 Å². The lowest BCUT2D eigenvalue weighted by Gasteiger charge is -2.21. The molecule has 0 saturated carbocycles. The molecular weight excluding hydrogens is 326 g/mol. The van der Waals surface area contributed by atoms with Crippen molar-refractivity contribution in [2.24, 2.45) is 5.73 Å². The average Bonchev–Trinajstić information content (AvgIpc) is 2.41. The first kappa shape index (κ1) is 14.9. The van der Waals surface area contributed by atoms with Gasteiger partial charge in [0.1, 0.15) is 11.6 Å². The Balaban J connectivity index is 2.26. The molecule has 0 radical (unpaired) electrons. The van der Waals surface area contributed by atoms with Gasteiger partial charge in [0, 0.05) is 12.2 Å². The first-order valence-electron chi connectivity index (χ1n) is 6.19. The van der Waals surface area contributed by atoms with E-state index in [2.05, 4.69) is 21.2 Å². The summed E-state index contributed by atoms with van der Waals surface area (Å²) in [5.41, 5.74) is 8.29. The van der Waals surface area contributed by atoms with Gasteiger partial charge in [-0.1, -0.05) is 6.07 Å². The van der Waals surface area contributed by atoms with Gasteiger partial charge in [-0.3, -0.25) is 0 Å². The van der Waals surface area contributed by atoms with Crippen LogP contribution >= 0.6 is 15.9 Å². The number of nitrogens with two attached hydrogens (primary N) is 1. The highest BCUT2D eigenvalue weighted by molar-refractivity contribution is 9.10. The number of hydrogen-bond donors (Lipinski definition) is 2. The number of anilines is 1. The van der Waals surface area contributed by atoms with E-state index in [-0.39, 0.29) is 17.7 Å². The van der Waals surface area contributed by atoms with Crippen LogP contribution in [0.25, 0.3) is 0 Å². The van der Waals surface area contributed by atoms with Crippen LogP contribution in [0.2, 0.25) is 0 Å². The Morgan fingerprint density at radius 3 is 2.55 bits per heavy atom. The molecule has 2 aromatic carbocycles. The van der Waals surface area contributed by atoms with Gasteiger partial charge in [0.15, 0.2) is 0 Å². The summed E-state index contributed by atoms with van der Waals surface area (Å²) >= 11 is 3.14. The van der Waals surface area contributed by atoms with E-state index in [0.717, 1.165) is 16.8 Å². The molecule has 106 valence electrons. The van der Waals surface area contributed by atoms with Crippen LogP contribution in [0, 0.1) is 18.6 Å². The lowest BCUT2D eigenvalue weighted by atomic mass is 10.0. The zero-order valence-corrected chi connectivity index (χ0v) is 12.5. The van der Waals surface area contributed by atoms with Crippen molar-refractivity contribution in [2.45, 2.75) is 13.0 Å². The molecule has 3 N–H and O–H groups in total. The summed E-state index contributed by atoms with van der Waals surface area (Å²) in [5.74, 6) is -0.593. The SMILES string of the molecule is Cc1cc(F)ccc1C(CN)Nc1ccc(F)c(Br)c1. The number of nitrogens with one attached hydrogen (secondary N) is 1. The lowest BCUT2D eigenvalue weighted by molar-refractivity contribution is 0.620. The van der Waals surface area contributed by atoms with Gasteiger partial charge in [-0.05, 0) is 64.3 Å². The van der Waals surface area contributed by atoms with Crippen molar-refractivity contribution in [1.29, 1.82) is 0 Å². The summed E-state index contributed by atoms with van der Waals surface area (Å²) in [6.45, 7) is 2.19. The minimum absolute atomic E-state index is 0.159. The summed E-state index contributed by atoms with van der Waals surface area (Å²) in [6.07, 6.45) is 0. The van der Waals surface area contributed by atoms with Crippen molar-refractivity contribution in [3.8, 4) is 0 Å². The third-order valence-electron chi connectivity index (χ3n) is 3.10. The Morgan fingerprint density at radius 2 is 1.95 bits per heavy atom. The normalized spacial score (nSPS) is 12.2. The van der Waals surface area contributed by atoms with Crippen molar-refractivity contribution in [2.75, 3.05) is 11.9 Å². The summed E-state index contributed by atoms with van der Waals surface area (Å²) in [7, 11) is 0. The molecule has 0 aliphatic heterocycles. The molecular formula is C15H15BrF2N2. The average molecular weight is 341 g/mol. The molecule has 1 unspecified atom stereocenters. The minimum atomic E-state index is -0.321. The van der Waals surface area contributed by atoms with Crippen LogP contribution in [-0.2, 0) is 0 Å². The van der Waals surface area contributed by atoms with E-state index < -0.39 is 0 Å². The topological polar surface area (TPSA) is 38.0 Å². The molecule has 2 rings (SSSR count). The molecule has 0 amide bonds. The predicted molar refractivity (Wildman–Crippen MR) is 80.7 cm³/mol. The van der Waals surface area contributed by atoms with Crippen molar-refractivity contribution in [3.63, 3.8) is 0 Å². The minimum Gasteiger partial charge on any atom is -0.377 e. The molecule has 0 spiro atoms. The van der Waals surface area contributed by atoms with E-state index in [9.17, 15) is 8.78 Å². The highest BCUT2D eigenvalue weighted by Gasteiger charge is 2.13. The maximum atomic E-state index is 13.2. The highest BCUT2D eigenvalue weighted by Crippen LogP contribution is 2.25. The lowest BCUT2D eigenvalue weighted by Crippen LogP contribution is -2.21. The Hall–Kier alpha value is -1.46. The fourth-order valence-corrected chi connectivity index (χ4v) is 2.46. The van der Waals surface area contributed by atoms with Crippen molar-refractivity contribution >= 4 is 21.6 Å².